The van der Waals surface area contributed by atoms with E-state index in [9.17, 15) is 0 Å². The van der Waals surface area contributed by atoms with E-state index < -0.39 is 18.6 Å². The van der Waals surface area contributed by atoms with E-state index in [1.807, 2.05) is 10.7 Å². The van der Waals surface area contributed by atoms with E-state index in [1.54, 1.807) is 0 Å². The summed E-state index contributed by atoms with van der Waals surface area (Å²) in [5.41, 5.74) is 0. The van der Waals surface area contributed by atoms with Gasteiger partial charge in [-0.3, -0.25) is 0 Å². The molecule has 0 radical (unpaired) electrons. The molecule has 180 valence electrons. The van der Waals surface area contributed by atoms with E-state index >= 15 is 0 Å². The van der Waals surface area contributed by atoms with Gasteiger partial charge in [-0.25, -0.2) is 0 Å². The van der Waals surface area contributed by atoms with E-state index in [1.165, 1.54) is 43.1 Å². The minimum absolute atomic E-state index is 1.33. The molecule has 0 saturated heterocycles. The number of benzene rings is 4. The van der Waals surface area contributed by atoms with Crippen molar-refractivity contribution in [1.82, 2.24) is 0 Å². The maximum absolute atomic E-state index is 5.39. The molecule has 7 aromatic rings. The van der Waals surface area contributed by atoms with Gasteiger partial charge in [0.15, 0.2) is 0 Å². The number of hydrogen-bond acceptors (Lipinski definition) is 0. The molecule has 0 heterocycles. The first-order valence-corrected chi connectivity index (χ1v) is 22.8. The van der Waals surface area contributed by atoms with Gasteiger partial charge < -0.3 is 0 Å². The molecule has 0 bridgehead atoms. The third kappa shape index (κ3) is 7.17. The first-order valence-electron chi connectivity index (χ1n) is 11.9. The van der Waals surface area contributed by atoms with Crippen LogP contribution >= 0.6 is 17.2 Å². The largest absolute Gasteiger partial charge is 0.168 e. The van der Waals surface area contributed by atoms with Crippen LogP contribution in [0.1, 0.15) is 6.92 Å². The molecular weight excluding hydrogens is 646 g/mol. The molecule has 0 saturated carbocycles. The summed E-state index contributed by atoms with van der Waals surface area (Å²) in [6, 6.07) is 48.6. The fourth-order valence-electron chi connectivity index (χ4n) is 4.04. The molecule has 0 aliphatic carbocycles. The van der Waals surface area contributed by atoms with Gasteiger partial charge in [0.2, 0.25) is 0 Å². The Morgan fingerprint density at radius 2 is 0.889 bits per heavy atom. The number of rotatable bonds is 0. The van der Waals surface area contributed by atoms with Crippen LogP contribution in [0.3, 0.4) is 0 Å². The predicted octanol–water partition coefficient (Wildman–Crippen LogP) is 10.6. The Morgan fingerprint density at radius 1 is 0.528 bits per heavy atom. The van der Waals surface area contributed by atoms with Crippen LogP contribution in [0.15, 0.2) is 140 Å². The quantitative estimate of drug-likeness (QED) is 0.111. The van der Waals surface area contributed by atoms with Crippen molar-refractivity contribution >= 4 is 64.0 Å². The topological polar surface area (TPSA) is 0 Å². The molecule has 3 heteroatoms. The van der Waals surface area contributed by atoms with Gasteiger partial charge in [-0.2, -0.15) is 35.0 Å². The molecule has 7 aromatic carbocycles. The number of halogens is 2. The van der Waals surface area contributed by atoms with E-state index in [2.05, 4.69) is 140 Å². The van der Waals surface area contributed by atoms with E-state index in [0.717, 1.165) is 0 Å². The standard InChI is InChI=1S/C13H9.2C9H7.C2H4.2ClH.Hf/c1-3-7-12-10(5-1)9-11-6-2-4-8-13(11)12;2*1-2-5-9-7-3-6-8(9)4-1;1-2;;;/h1-9H;2*1-7H;1H,2H3;2*1H;/q3*-1;;;;+2/p-2. The normalized spacial score (nSPS) is 10.1. The van der Waals surface area contributed by atoms with Gasteiger partial charge in [-0.15, -0.1) is 99.0 Å². The zero-order chi connectivity index (χ0) is 25.2. The fraction of sp³-hybridized carbons (Fsp3) is 0.0303. The molecule has 0 amide bonds. The fourth-order valence-corrected chi connectivity index (χ4v) is 4.04. The van der Waals surface area contributed by atoms with Crippen molar-refractivity contribution in [3.05, 3.63) is 140 Å². The number of fused-ring (bicyclic) bond motifs is 5. The third-order valence-electron chi connectivity index (χ3n) is 5.84. The summed E-state index contributed by atoms with van der Waals surface area (Å²) in [5.74, 6) is 0. The molecule has 36 heavy (non-hydrogen) atoms. The minimum Gasteiger partial charge on any atom is -0.168 e. The second kappa shape index (κ2) is 13.6. The third-order valence-corrected chi connectivity index (χ3v) is 11.0. The van der Waals surface area contributed by atoms with Crippen molar-refractivity contribution in [2.45, 2.75) is 6.92 Å². The molecule has 0 aromatic heterocycles. The number of hydrogen-bond donors (Lipinski definition) is 0. The second-order valence-corrected chi connectivity index (χ2v) is 20.6. The second-order valence-electron chi connectivity index (χ2n) is 8.21. The molecule has 0 spiro atoms. The molecule has 7 rings (SSSR count). The first kappa shape index (κ1) is 26.4. The summed E-state index contributed by atoms with van der Waals surface area (Å²) in [5, 5.41) is 10.7. The van der Waals surface area contributed by atoms with Gasteiger partial charge in [-0.1, -0.05) is 48.5 Å². The summed E-state index contributed by atoms with van der Waals surface area (Å²) < 4.78 is 1.91. The summed E-state index contributed by atoms with van der Waals surface area (Å²) in [4.78, 5) is 0. The van der Waals surface area contributed by atoms with E-state index in [4.69, 9.17) is 17.2 Å². The van der Waals surface area contributed by atoms with Crippen molar-refractivity contribution in [3.63, 3.8) is 0 Å². The summed E-state index contributed by atoms with van der Waals surface area (Å²) in [6.45, 7) is 1.90. The van der Waals surface area contributed by atoms with Gasteiger partial charge in [0, 0.05) is 0 Å². The van der Waals surface area contributed by atoms with Crippen molar-refractivity contribution < 1.29 is 18.6 Å². The molecule has 0 atom stereocenters. The zero-order valence-corrected chi connectivity index (χ0v) is 25.2. The Hall–Kier alpha value is -2.71. The van der Waals surface area contributed by atoms with Crippen LogP contribution in [0.2, 0.25) is 0 Å². The summed E-state index contributed by atoms with van der Waals surface area (Å²) >= 11 is -1.88. The molecule has 0 fully saturated rings. The molecule has 0 aliphatic rings. The van der Waals surface area contributed by atoms with Crippen LogP contribution in [0, 0.1) is 0 Å². The smallest absolute Gasteiger partial charge is 0.0771 e. The van der Waals surface area contributed by atoms with Crippen molar-refractivity contribution in [1.29, 1.82) is 0 Å². The molecule has 0 aliphatic heterocycles. The Kier molecular flexibility index (Phi) is 9.93. The average Bonchev–Trinajstić information content (AvgIpc) is 3.68. The van der Waals surface area contributed by atoms with Crippen LogP contribution in [0.5, 0.6) is 0 Å². The average molecular weight is 673 g/mol. The first-order chi connectivity index (χ1) is 17.7. The van der Waals surface area contributed by atoms with Crippen LogP contribution < -0.4 is 0 Å². The van der Waals surface area contributed by atoms with Crippen LogP contribution in [0.4, 0.5) is 0 Å². The van der Waals surface area contributed by atoms with Crippen molar-refractivity contribution in [2.75, 3.05) is 0 Å². The Bertz CT molecular complexity index is 1500. The van der Waals surface area contributed by atoms with E-state index in [0.29, 0.717) is 0 Å². The minimum atomic E-state index is -1.88. The molecule has 0 N–H and O–H groups in total. The monoisotopic (exact) mass is 673 g/mol. The van der Waals surface area contributed by atoms with Gasteiger partial charge >= 0.3 is 46.4 Å². The van der Waals surface area contributed by atoms with Gasteiger partial charge in [-0.05, 0) is 0 Å². The predicted molar refractivity (Wildman–Crippen MR) is 160 cm³/mol. The van der Waals surface area contributed by atoms with Gasteiger partial charge in [0.25, 0.3) is 0 Å². The van der Waals surface area contributed by atoms with Crippen LogP contribution in [-0.4, -0.2) is 3.76 Å². The van der Waals surface area contributed by atoms with Gasteiger partial charge in [0.05, 0.1) is 0 Å². The van der Waals surface area contributed by atoms with Gasteiger partial charge in [0.1, 0.15) is 0 Å². The van der Waals surface area contributed by atoms with Crippen LogP contribution in [0.25, 0.3) is 43.1 Å². The Balaban J connectivity index is 0.000000119. The molecular formula is C33H27Cl2Hf-3. The Morgan fingerprint density at radius 3 is 1.28 bits per heavy atom. The van der Waals surface area contributed by atoms with Crippen molar-refractivity contribution in [2.24, 2.45) is 0 Å². The summed E-state index contributed by atoms with van der Waals surface area (Å²) in [6.07, 6.45) is 0. The zero-order valence-electron chi connectivity index (χ0n) is 20.1. The van der Waals surface area contributed by atoms with Crippen molar-refractivity contribution in [3.8, 4) is 0 Å². The summed E-state index contributed by atoms with van der Waals surface area (Å²) in [7, 11) is 10.8. The molecule has 0 unspecified atom stereocenters. The van der Waals surface area contributed by atoms with Crippen LogP contribution in [-0.2, 0) is 18.6 Å². The SMILES string of the molecule is C[CH]=[Hf]([Cl])[Cl].c1ccc2[cH-]ccc2c1.c1ccc2[cH-]ccc2c1.c1ccc2c(c1)[cH-]c1ccccc12. The maximum atomic E-state index is 5.39. The maximum Gasteiger partial charge on any atom is -0.0771 e. The Labute approximate surface area is 227 Å². The van der Waals surface area contributed by atoms with E-state index in [-0.39, 0.29) is 0 Å². The molecule has 0 nitrogen and oxygen atoms in total.